The summed E-state index contributed by atoms with van der Waals surface area (Å²) in [6.07, 6.45) is 0. The zero-order valence-corrected chi connectivity index (χ0v) is 15.1. The first kappa shape index (κ1) is 17.3. The first-order valence-corrected chi connectivity index (χ1v) is 8.99. The van der Waals surface area contributed by atoms with Crippen molar-refractivity contribution in [2.24, 2.45) is 0 Å². The molecule has 1 saturated heterocycles. The molecule has 0 aliphatic carbocycles. The molecule has 0 bridgehead atoms. The van der Waals surface area contributed by atoms with Gasteiger partial charge in [0.25, 0.3) is 0 Å². The first-order valence-electron chi connectivity index (χ1n) is 8.99. The quantitative estimate of drug-likeness (QED) is 0.770. The van der Waals surface area contributed by atoms with Crippen molar-refractivity contribution in [2.45, 2.75) is 13.5 Å². The summed E-state index contributed by atoms with van der Waals surface area (Å²) in [6.45, 7) is 4.74. The van der Waals surface area contributed by atoms with Crippen LogP contribution in [-0.4, -0.2) is 46.5 Å². The Morgan fingerprint density at radius 1 is 1.11 bits per heavy atom. The Hall–Kier alpha value is -3.09. The summed E-state index contributed by atoms with van der Waals surface area (Å²) in [6, 6.07) is 12.4. The Morgan fingerprint density at radius 2 is 1.89 bits per heavy atom. The van der Waals surface area contributed by atoms with Crippen molar-refractivity contribution in [2.75, 3.05) is 31.1 Å². The Labute approximate surface area is 155 Å². The van der Waals surface area contributed by atoms with Gasteiger partial charge in [-0.2, -0.15) is 0 Å². The van der Waals surface area contributed by atoms with Crippen molar-refractivity contribution in [3.63, 3.8) is 0 Å². The number of H-pyrrole nitrogens is 1. The molecule has 1 N–H and O–H groups in total. The molecule has 1 aliphatic heterocycles. The minimum Gasteiger partial charge on any atom is -0.368 e. The average molecular weight is 368 g/mol. The largest absolute Gasteiger partial charge is 0.368 e. The van der Waals surface area contributed by atoms with Gasteiger partial charge in [0.05, 0.1) is 11.0 Å². The number of carbonyl (C=O) groups is 1. The summed E-state index contributed by atoms with van der Waals surface area (Å²) >= 11 is 0. The second-order valence-electron chi connectivity index (χ2n) is 6.88. The van der Waals surface area contributed by atoms with Gasteiger partial charge in [-0.1, -0.05) is 12.1 Å². The van der Waals surface area contributed by atoms with E-state index in [0.29, 0.717) is 24.1 Å². The molecule has 1 amide bonds. The van der Waals surface area contributed by atoms with E-state index < -0.39 is 11.5 Å². The van der Waals surface area contributed by atoms with Crippen LogP contribution >= 0.6 is 0 Å². The molecule has 2 heterocycles. The Kier molecular flexibility index (Phi) is 4.43. The number of nitrogens with zero attached hydrogens (tertiary/aromatic N) is 3. The fourth-order valence-corrected chi connectivity index (χ4v) is 3.57. The number of hydrogen-bond acceptors (Lipinski definition) is 3. The molecule has 0 spiro atoms. The number of aromatic amines is 1. The zero-order chi connectivity index (χ0) is 19.0. The topological polar surface area (TPSA) is 61.3 Å². The van der Waals surface area contributed by atoms with Crippen LogP contribution in [-0.2, 0) is 11.3 Å². The van der Waals surface area contributed by atoms with E-state index in [0.717, 1.165) is 18.8 Å². The highest BCUT2D eigenvalue weighted by atomic mass is 19.1. The number of hydrogen-bond donors (Lipinski definition) is 1. The minimum absolute atomic E-state index is 0.0467. The predicted octanol–water partition coefficient (Wildman–Crippen LogP) is 2.13. The molecule has 27 heavy (non-hydrogen) atoms. The number of anilines is 1. The number of rotatable bonds is 3. The highest BCUT2D eigenvalue weighted by Gasteiger charge is 2.22. The lowest BCUT2D eigenvalue weighted by Gasteiger charge is -2.36. The van der Waals surface area contributed by atoms with Crippen LogP contribution in [0.5, 0.6) is 0 Å². The van der Waals surface area contributed by atoms with E-state index >= 15 is 0 Å². The number of halogens is 1. The number of fused-ring (bicyclic) bond motifs is 1. The maximum absolute atomic E-state index is 13.3. The Balaban J connectivity index is 1.45. The maximum atomic E-state index is 13.3. The van der Waals surface area contributed by atoms with Gasteiger partial charge in [0, 0.05) is 31.9 Å². The maximum Gasteiger partial charge on any atom is 0.326 e. The lowest BCUT2D eigenvalue weighted by molar-refractivity contribution is -0.132. The number of carbonyl (C=O) groups excluding carboxylic acids is 1. The molecule has 2 aromatic carbocycles. The van der Waals surface area contributed by atoms with Gasteiger partial charge in [0.1, 0.15) is 12.4 Å². The molecule has 0 radical (unpaired) electrons. The van der Waals surface area contributed by atoms with Crippen LogP contribution < -0.4 is 10.6 Å². The summed E-state index contributed by atoms with van der Waals surface area (Å²) in [5.74, 6) is -0.527. The number of benzene rings is 2. The van der Waals surface area contributed by atoms with Crippen LogP contribution in [0, 0.1) is 12.7 Å². The van der Waals surface area contributed by atoms with E-state index in [9.17, 15) is 14.0 Å². The van der Waals surface area contributed by atoms with Crippen molar-refractivity contribution in [3.05, 3.63) is 64.3 Å². The lowest BCUT2D eigenvalue weighted by Crippen LogP contribution is -2.50. The Bertz CT molecular complexity index is 1050. The second kappa shape index (κ2) is 6.90. The molecule has 1 aromatic heterocycles. The summed E-state index contributed by atoms with van der Waals surface area (Å²) < 4.78 is 14.7. The number of aryl methyl sites for hydroxylation is 1. The fraction of sp³-hybridized carbons (Fsp3) is 0.300. The molecule has 140 valence electrons. The molecule has 0 saturated carbocycles. The van der Waals surface area contributed by atoms with E-state index in [2.05, 4.69) is 35.0 Å². The van der Waals surface area contributed by atoms with Crippen LogP contribution in [0.4, 0.5) is 10.1 Å². The van der Waals surface area contributed by atoms with Gasteiger partial charge < -0.3 is 14.8 Å². The molecule has 1 aliphatic rings. The van der Waals surface area contributed by atoms with Gasteiger partial charge in [-0.3, -0.25) is 9.36 Å². The molecular weight excluding hydrogens is 347 g/mol. The minimum atomic E-state index is -0.422. The van der Waals surface area contributed by atoms with E-state index in [4.69, 9.17) is 0 Å². The van der Waals surface area contributed by atoms with Crippen LogP contribution in [0.3, 0.4) is 0 Å². The highest BCUT2D eigenvalue weighted by Crippen LogP contribution is 2.18. The van der Waals surface area contributed by atoms with Crippen molar-refractivity contribution in [3.8, 4) is 0 Å². The number of piperazine rings is 1. The third kappa shape index (κ3) is 3.45. The van der Waals surface area contributed by atoms with Gasteiger partial charge >= 0.3 is 5.69 Å². The third-order valence-corrected chi connectivity index (χ3v) is 5.03. The van der Waals surface area contributed by atoms with Crippen molar-refractivity contribution in [1.82, 2.24) is 14.5 Å². The van der Waals surface area contributed by atoms with Gasteiger partial charge in [0.15, 0.2) is 0 Å². The first-order chi connectivity index (χ1) is 13.0. The molecule has 4 rings (SSSR count). The molecular formula is C20H21FN4O2. The zero-order valence-electron chi connectivity index (χ0n) is 15.1. The highest BCUT2D eigenvalue weighted by molar-refractivity contribution is 5.80. The van der Waals surface area contributed by atoms with Crippen LogP contribution in [0.2, 0.25) is 0 Å². The normalized spacial score (nSPS) is 14.7. The second-order valence-corrected chi connectivity index (χ2v) is 6.88. The molecule has 7 heteroatoms. The molecule has 0 unspecified atom stereocenters. The lowest BCUT2D eigenvalue weighted by atomic mass is 10.2. The SMILES string of the molecule is Cc1cccc(N2CCN(C(=O)Cn3c(=O)[nH]c4cc(F)ccc43)CC2)c1. The van der Waals surface area contributed by atoms with Gasteiger partial charge in [-0.05, 0) is 42.8 Å². The van der Waals surface area contributed by atoms with Gasteiger partial charge in [-0.25, -0.2) is 9.18 Å². The van der Waals surface area contributed by atoms with Gasteiger partial charge in [0.2, 0.25) is 5.91 Å². The van der Waals surface area contributed by atoms with Crippen LogP contribution in [0.25, 0.3) is 11.0 Å². The van der Waals surface area contributed by atoms with Gasteiger partial charge in [-0.15, -0.1) is 0 Å². The third-order valence-electron chi connectivity index (χ3n) is 5.03. The standard InChI is InChI=1S/C20H21FN4O2/c1-14-3-2-4-16(11-14)23-7-9-24(10-8-23)19(26)13-25-18-6-5-15(21)12-17(18)22-20(25)27/h2-6,11-12H,7-10,13H2,1H3,(H,22,27). The molecule has 1 fully saturated rings. The predicted molar refractivity (Wildman–Crippen MR) is 102 cm³/mol. The van der Waals surface area contributed by atoms with Crippen LogP contribution in [0.1, 0.15) is 5.56 Å². The average Bonchev–Trinajstić information content (AvgIpc) is 2.96. The number of nitrogens with one attached hydrogen (secondary N) is 1. The fourth-order valence-electron chi connectivity index (χ4n) is 3.57. The number of amides is 1. The van der Waals surface area contributed by atoms with Crippen molar-refractivity contribution >= 4 is 22.6 Å². The molecule has 6 nitrogen and oxygen atoms in total. The summed E-state index contributed by atoms with van der Waals surface area (Å²) in [5.41, 5.74) is 2.91. The summed E-state index contributed by atoms with van der Waals surface area (Å²) in [7, 11) is 0. The number of aromatic nitrogens is 2. The van der Waals surface area contributed by atoms with E-state index in [-0.39, 0.29) is 12.5 Å². The molecule has 0 atom stereocenters. The number of imidazole rings is 1. The van der Waals surface area contributed by atoms with Crippen molar-refractivity contribution < 1.29 is 9.18 Å². The van der Waals surface area contributed by atoms with Crippen LogP contribution in [0.15, 0.2) is 47.3 Å². The molecule has 3 aromatic rings. The monoisotopic (exact) mass is 368 g/mol. The van der Waals surface area contributed by atoms with Crippen molar-refractivity contribution in [1.29, 1.82) is 0 Å². The summed E-state index contributed by atoms with van der Waals surface area (Å²) in [4.78, 5) is 31.5. The smallest absolute Gasteiger partial charge is 0.326 e. The van der Waals surface area contributed by atoms with E-state index in [1.165, 1.54) is 28.3 Å². The van der Waals surface area contributed by atoms with E-state index in [1.807, 2.05) is 6.07 Å². The van der Waals surface area contributed by atoms with E-state index in [1.54, 1.807) is 4.90 Å². The summed E-state index contributed by atoms with van der Waals surface area (Å²) in [5, 5.41) is 0. The Morgan fingerprint density at radius 3 is 2.63 bits per heavy atom.